The van der Waals surface area contributed by atoms with Gasteiger partial charge in [0.1, 0.15) is 0 Å². The average Bonchev–Trinajstić information content (AvgIpc) is 2.70. The van der Waals surface area contributed by atoms with Crippen molar-refractivity contribution in [1.82, 2.24) is 5.32 Å². The van der Waals surface area contributed by atoms with Gasteiger partial charge in [-0.25, -0.2) is 0 Å². The zero-order valence-electron chi connectivity index (χ0n) is 9.87. The van der Waals surface area contributed by atoms with Crippen LogP contribution in [0.5, 0.6) is 0 Å². The molecule has 2 rings (SSSR count). The van der Waals surface area contributed by atoms with Gasteiger partial charge in [0.15, 0.2) is 0 Å². The highest BCUT2D eigenvalue weighted by Crippen LogP contribution is 2.19. The van der Waals surface area contributed by atoms with Gasteiger partial charge in [-0.3, -0.25) is 0 Å². The third-order valence-corrected chi connectivity index (χ3v) is 3.51. The quantitative estimate of drug-likeness (QED) is 0.774. The molecule has 4 unspecified atom stereocenters. The Labute approximate surface area is 92.5 Å². The fourth-order valence-electron chi connectivity index (χ4n) is 2.63. The van der Waals surface area contributed by atoms with E-state index in [1.165, 1.54) is 12.8 Å². The standard InChI is InChI=1S/C12H23NO2/c1-9-8-11(5-7-14-9)13-10(2)12-4-3-6-15-12/h9-13H,3-8H2,1-2H3. The Morgan fingerprint density at radius 2 is 2.07 bits per heavy atom. The van der Waals surface area contributed by atoms with Crippen LogP contribution in [0.2, 0.25) is 0 Å². The second-order valence-corrected chi connectivity index (χ2v) is 4.91. The van der Waals surface area contributed by atoms with E-state index < -0.39 is 0 Å². The van der Waals surface area contributed by atoms with Crippen LogP contribution in [0, 0.1) is 0 Å². The van der Waals surface area contributed by atoms with E-state index in [1.807, 2.05) is 0 Å². The van der Waals surface area contributed by atoms with Crippen molar-refractivity contribution in [3.63, 3.8) is 0 Å². The van der Waals surface area contributed by atoms with Gasteiger partial charge < -0.3 is 14.8 Å². The summed E-state index contributed by atoms with van der Waals surface area (Å²) in [5.41, 5.74) is 0. The molecule has 2 aliphatic rings. The predicted molar refractivity (Wildman–Crippen MR) is 60.0 cm³/mol. The van der Waals surface area contributed by atoms with Crippen LogP contribution >= 0.6 is 0 Å². The third kappa shape index (κ3) is 3.16. The van der Waals surface area contributed by atoms with Crippen molar-refractivity contribution in [1.29, 1.82) is 0 Å². The van der Waals surface area contributed by atoms with Gasteiger partial charge in [-0.2, -0.15) is 0 Å². The highest BCUT2D eigenvalue weighted by Gasteiger charge is 2.26. The summed E-state index contributed by atoms with van der Waals surface area (Å²) in [5, 5.41) is 3.69. The fourth-order valence-corrected chi connectivity index (χ4v) is 2.63. The Kier molecular flexibility index (Phi) is 4.00. The molecule has 0 radical (unpaired) electrons. The van der Waals surface area contributed by atoms with Gasteiger partial charge >= 0.3 is 0 Å². The lowest BCUT2D eigenvalue weighted by molar-refractivity contribution is 0.00473. The molecule has 88 valence electrons. The monoisotopic (exact) mass is 213 g/mol. The molecule has 15 heavy (non-hydrogen) atoms. The van der Waals surface area contributed by atoms with Crippen molar-refractivity contribution in [2.45, 2.75) is 63.8 Å². The highest BCUT2D eigenvalue weighted by molar-refractivity contribution is 4.82. The lowest BCUT2D eigenvalue weighted by Gasteiger charge is -2.32. The van der Waals surface area contributed by atoms with Gasteiger partial charge in [0.2, 0.25) is 0 Å². The van der Waals surface area contributed by atoms with Crippen LogP contribution in [0.3, 0.4) is 0 Å². The zero-order chi connectivity index (χ0) is 10.7. The Balaban J connectivity index is 1.74. The summed E-state index contributed by atoms with van der Waals surface area (Å²) in [5.74, 6) is 0. The fraction of sp³-hybridized carbons (Fsp3) is 1.00. The average molecular weight is 213 g/mol. The van der Waals surface area contributed by atoms with Gasteiger partial charge in [0, 0.05) is 25.3 Å². The Hall–Kier alpha value is -0.120. The van der Waals surface area contributed by atoms with Crippen LogP contribution in [0.25, 0.3) is 0 Å². The molecular formula is C12H23NO2. The first-order valence-corrected chi connectivity index (χ1v) is 6.25. The van der Waals surface area contributed by atoms with E-state index in [9.17, 15) is 0 Å². The zero-order valence-corrected chi connectivity index (χ0v) is 9.87. The molecule has 2 fully saturated rings. The second kappa shape index (κ2) is 5.28. The normalized spacial score (nSPS) is 39.2. The molecule has 0 amide bonds. The van der Waals surface area contributed by atoms with Gasteiger partial charge in [-0.15, -0.1) is 0 Å². The number of hydrogen-bond donors (Lipinski definition) is 1. The molecule has 4 atom stereocenters. The summed E-state index contributed by atoms with van der Waals surface area (Å²) >= 11 is 0. The number of nitrogens with one attached hydrogen (secondary N) is 1. The minimum Gasteiger partial charge on any atom is -0.378 e. The summed E-state index contributed by atoms with van der Waals surface area (Å²) in [7, 11) is 0. The van der Waals surface area contributed by atoms with E-state index in [-0.39, 0.29) is 0 Å². The summed E-state index contributed by atoms with van der Waals surface area (Å²) in [6.45, 7) is 6.25. The van der Waals surface area contributed by atoms with Crippen molar-refractivity contribution < 1.29 is 9.47 Å². The molecule has 0 aromatic rings. The van der Waals surface area contributed by atoms with Crippen LogP contribution in [0.4, 0.5) is 0 Å². The predicted octanol–water partition coefficient (Wildman–Crippen LogP) is 1.71. The van der Waals surface area contributed by atoms with Crippen molar-refractivity contribution in [2.24, 2.45) is 0 Å². The molecule has 3 heteroatoms. The molecule has 0 aliphatic carbocycles. The first-order chi connectivity index (χ1) is 7.25. The molecule has 0 saturated carbocycles. The number of rotatable bonds is 3. The van der Waals surface area contributed by atoms with E-state index in [2.05, 4.69) is 19.2 Å². The van der Waals surface area contributed by atoms with Crippen LogP contribution in [-0.4, -0.2) is 37.5 Å². The van der Waals surface area contributed by atoms with Crippen molar-refractivity contribution in [2.75, 3.05) is 13.2 Å². The van der Waals surface area contributed by atoms with Crippen LogP contribution in [0.1, 0.15) is 39.5 Å². The van der Waals surface area contributed by atoms with Gasteiger partial charge in [-0.1, -0.05) is 0 Å². The summed E-state index contributed by atoms with van der Waals surface area (Å²) in [6.07, 6.45) is 5.56. The lowest BCUT2D eigenvalue weighted by Crippen LogP contribution is -2.46. The first kappa shape index (κ1) is 11.4. The maximum absolute atomic E-state index is 5.69. The molecule has 1 N–H and O–H groups in total. The van der Waals surface area contributed by atoms with Crippen molar-refractivity contribution in [3.05, 3.63) is 0 Å². The Bertz CT molecular complexity index is 192. The Morgan fingerprint density at radius 3 is 2.73 bits per heavy atom. The molecule has 0 aromatic heterocycles. The van der Waals surface area contributed by atoms with Crippen molar-refractivity contribution >= 4 is 0 Å². The molecule has 0 spiro atoms. The van der Waals surface area contributed by atoms with E-state index in [1.54, 1.807) is 0 Å². The smallest absolute Gasteiger partial charge is 0.0726 e. The maximum atomic E-state index is 5.69. The summed E-state index contributed by atoms with van der Waals surface area (Å²) < 4.78 is 11.2. The minimum atomic E-state index is 0.410. The van der Waals surface area contributed by atoms with Crippen molar-refractivity contribution in [3.8, 4) is 0 Å². The summed E-state index contributed by atoms with van der Waals surface area (Å²) in [6, 6.07) is 1.11. The largest absolute Gasteiger partial charge is 0.378 e. The minimum absolute atomic E-state index is 0.410. The molecule has 2 heterocycles. The van der Waals surface area contributed by atoms with Gasteiger partial charge in [0.25, 0.3) is 0 Å². The summed E-state index contributed by atoms with van der Waals surface area (Å²) in [4.78, 5) is 0. The van der Waals surface area contributed by atoms with E-state index in [0.29, 0.717) is 24.3 Å². The molecule has 2 aliphatic heterocycles. The number of ether oxygens (including phenoxy) is 2. The van der Waals surface area contributed by atoms with Gasteiger partial charge in [-0.05, 0) is 39.5 Å². The molecule has 2 saturated heterocycles. The molecule has 0 aromatic carbocycles. The Morgan fingerprint density at radius 1 is 1.20 bits per heavy atom. The molecular weight excluding hydrogens is 190 g/mol. The molecule has 3 nitrogen and oxygen atoms in total. The molecule has 0 bridgehead atoms. The third-order valence-electron chi connectivity index (χ3n) is 3.51. The van der Waals surface area contributed by atoms with E-state index >= 15 is 0 Å². The highest BCUT2D eigenvalue weighted by atomic mass is 16.5. The van der Waals surface area contributed by atoms with Crippen LogP contribution < -0.4 is 5.32 Å². The van der Waals surface area contributed by atoms with E-state index in [4.69, 9.17) is 9.47 Å². The topological polar surface area (TPSA) is 30.5 Å². The first-order valence-electron chi connectivity index (χ1n) is 6.25. The maximum Gasteiger partial charge on any atom is 0.0726 e. The van der Waals surface area contributed by atoms with E-state index in [0.717, 1.165) is 26.1 Å². The second-order valence-electron chi connectivity index (χ2n) is 4.91. The van der Waals surface area contributed by atoms with Crippen LogP contribution in [0.15, 0.2) is 0 Å². The van der Waals surface area contributed by atoms with Gasteiger partial charge in [0.05, 0.1) is 12.2 Å². The lowest BCUT2D eigenvalue weighted by atomic mass is 10.0. The SMILES string of the molecule is CC1CC(NC(C)C2CCCO2)CCO1. The van der Waals surface area contributed by atoms with Crippen LogP contribution in [-0.2, 0) is 9.47 Å². The number of hydrogen-bond acceptors (Lipinski definition) is 3.